The van der Waals surface area contributed by atoms with Crippen LogP contribution < -0.4 is 10.6 Å². The van der Waals surface area contributed by atoms with Gasteiger partial charge in [0.2, 0.25) is 11.8 Å². The van der Waals surface area contributed by atoms with Crippen LogP contribution in [0.3, 0.4) is 0 Å². The van der Waals surface area contributed by atoms with Gasteiger partial charge in [-0.05, 0) is 49.2 Å². The van der Waals surface area contributed by atoms with Crippen molar-refractivity contribution < 1.29 is 18.4 Å². The average Bonchev–Trinajstić information content (AvgIpc) is 3.49. The largest absolute Gasteiger partial charge is 0.463 e. The molecule has 6 aromatic heterocycles. The van der Waals surface area contributed by atoms with Gasteiger partial charge < -0.3 is 19.5 Å². The lowest BCUT2D eigenvalue weighted by molar-refractivity contribution is -0.117. The Morgan fingerprint density at radius 3 is 1.64 bits per heavy atom. The number of rotatable bonds is 7. The van der Waals surface area contributed by atoms with Crippen LogP contribution in [0.2, 0.25) is 0 Å². The van der Waals surface area contributed by atoms with Crippen LogP contribution in [0, 0.1) is 5.92 Å². The maximum Gasteiger partial charge on any atom is 0.228 e. The van der Waals surface area contributed by atoms with E-state index >= 15 is 0 Å². The smallest absolute Gasteiger partial charge is 0.228 e. The molecule has 0 unspecified atom stereocenters. The van der Waals surface area contributed by atoms with Crippen molar-refractivity contribution in [2.24, 2.45) is 5.92 Å². The minimum Gasteiger partial charge on any atom is -0.463 e. The van der Waals surface area contributed by atoms with Gasteiger partial charge in [-0.3, -0.25) is 9.59 Å². The Morgan fingerprint density at radius 2 is 1.23 bits per heavy atom. The molecule has 1 fully saturated rings. The van der Waals surface area contributed by atoms with E-state index in [4.69, 9.17) is 8.83 Å². The number of anilines is 2. The predicted molar refractivity (Wildman–Crippen MR) is 157 cm³/mol. The number of furan rings is 2. The maximum atomic E-state index is 11.9. The molecule has 7 rings (SSSR count). The average molecular weight is 589 g/mol. The summed E-state index contributed by atoms with van der Waals surface area (Å²) in [5, 5.41) is 5.40. The molecule has 0 aliphatic heterocycles. The van der Waals surface area contributed by atoms with Crippen LogP contribution in [0.25, 0.3) is 45.7 Å². The Bertz CT molecular complexity index is 1860. The van der Waals surface area contributed by atoms with E-state index in [1.807, 2.05) is 0 Å². The predicted octanol–water partition coefficient (Wildman–Crippen LogP) is 4.69. The van der Waals surface area contributed by atoms with E-state index in [1.54, 1.807) is 61.3 Å². The normalized spacial score (nSPS) is 12.1. The molecular weight excluding hydrogens is 564 g/mol. The van der Waals surface area contributed by atoms with Gasteiger partial charge in [0, 0.05) is 25.2 Å². The minimum absolute atomic E-state index is 0.0144. The molecule has 44 heavy (non-hydrogen) atoms. The second-order valence-corrected chi connectivity index (χ2v) is 9.49. The van der Waals surface area contributed by atoms with Crippen LogP contribution >= 0.6 is 0 Å². The quantitative estimate of drug-likeness (QED) is 0.262. The molecule has 1 aliphatic rings. The molecular formula is C30H24N10O4. The first-order chi connectivity index (χ1) is 21.5. The van der Waals surface area contributed by atoms with E-state index in [1.165, 1.54) is 32.0 Å². The Balaban J connectivity index is 0.000000157. The summed E-state index contributed by atoms with van der Waals surface area (Å²) in [6.45, 7) is 1.41. The molecule has 0 radical (unpaired) electrons. The first-order valence-corrected chi connectivity index (χ1v) is 13.5. The van der Waals surface area contributed by atoms with Crippen molar-refractivity contribution in [3.05, 3.63) is 86.4 Å². The molecule has 6 heterocycles. The molecule has 0 saturated heterocycles. The fourth-order valence-electron chi connectivity index (χ4n) is 4.06. The number of carbonyl (C=O) groups excluding carboxylic acids is 2. The van der Waals surface area contributed by atoms with Gasteiger partial charge >= 0.3 is 0 Å². The van der Waals surface area contributed by atoms with Gasteiger partial charge in [0.25, 0.3) is 0 Å². The molecule has 0 spiro atoms. The molecule has 0 atom stereocenters. The van der Waals surface area contributed by atoms with Gasteiger partial charge in [0.1, 0.15) is 35.4 Å². The summed E-state index contributed by atoms with van der Waals surface area (Å²) in [5.41, 5.74) is 3.43. The molecule has 1 aliphatic carbocycles. The fraction of sp³-hybridized carbons (Fsp3) is 0.133. The lowest BCUT2D eigenvalue weighted by Gasteiger charge is -2.08. The molecule has 0 bridgehead atoms. The number of nitrogens with one attached hydrogen (secondary N) is 2. The number of hydrogen-bond acceptors (Lipinski definition) is 12. The van der Waals surface area contributed by atoms with E-state index in [-0.39, 0.29) is 17.7 Å². The van der Waals surface area contributed by atoms with Crippen molar-refractivity contribution in [2.45, 2.75) is 19.8 Å². The molecule has 6 aromatic rings. The summed E-state index contributed by atoms with van der Waals surface area (Å²) < 4.78 is 10.8. The monoisotopic (exact) mass is 588 g/mol. The first-order valence-electron chi connectivity index (χ1n) is 13.5. The number of aromatic nitrogens is 8. The third-order valence-corrected chi connectivity index (χ3v) is 6.21. The summed E-state index contributed by atoms with van der Waals surface area (Å²) in [5.74, 6) is 1.74. The molecule has 2 amide bonds. The lowest BCUT2D eigenvalue weighted by atomic mass is 10.2. The summed E-state index contributed by atoms with van der Waals surface area (Å²) in [4.78, 5) is 56.8. The van der Waals surface area contributed by atoms with Crippen molar-refractivity contribution in [2.75, 3.05) is 10.6 Å². The highest BCUT2D eigenvalue weighted by Gasteiger charge is 2.30. The van der Waals surface area contributed by atoms with Crippen LogP contribution in [-0.2, 0) is 9.59 Å². The zero-order chi connectivity index (χ0) is 30.3. The van der Waals surface area contributed by atoms with Crippen molar-refractivity contribution in [1.29, 1.82) is 0 Å². The third-order valence-electron chi connectivity index (χ3n) is 6.21. The van der Waals surface area contributed by atoms with Crippen LogP contribution in [-0.4, -0.2) is 51.7 Å². The van der Waals surface area contributed by atoms with E-state index in [9.17, 15) is 9.59 Å². The second kappa shape index (κ2) is 12.8. The van der Waals surface area contributed by atoms with Crippen LogP contribution in [0.5, 0.6) is 0 Å². The Labute approximate surface area is 250 Å². The first kappa shape index (κ1) is 28.0. The van der Waals surface area contributed by atoms with Gasteiger partial charge in [-0.2, -0.15) is 0 Å². The highest BCUT2D eigenvalue weighted by atomic mass is 16.3. The van der Waals surface area contributed by atoms with Gasteiger partial charge in [0.05, 0.1) is 36.3 Å². The molecule has 218 valence electrons. The standard InChI is InChI=1S/C16H13N5O2.C14H11N5O2/c22-16(10-3-4-10)21-13-8-18-14(11-5-6-17-9-19-11)15(20-13)12-2-1-7-23-12;1-9(20)18-12-7-16-13(10-4-5-15-8-17-10)14(19-12)11-3-2-6-21-11/h1-2,5-10H,3-4H2,(H,20,21,22);2-8H,1H3,(H,18,19,20). The zero-order valence-corrected chi connectivity index (χ0v) is 23.3. The second-order valence-electron chi connectivity index (χ2n) is 9.49. The van der Waals surface area contributed by atoms with Gasteiger partial charge in [-0.25, -0.2) is 39.9 Å². The van der Waals surface area contributed by atoms with E-state index in [0.717, 1.165) is 12.8 Å². The Hall–Kier alpha value is -6.18. The Morgan fingerprint density at radius 1 is 0.705 bits per heavy atom. The molecule has 14 heteroatoms. The van der Waals surface area contributed by atoms with Crippen molar-refractivity contribution in [3.8, 4) is 45.7 Å². The van der Waals surface area contributed by atoms with E-state index in [0.29, 0.717) is 57.3 Å². The van der Waals surface area contributed by atoms with Crippen molar-refractivity contribution in [3.63, 3.8) is 0 Å². The highest BCUT2D eigenvalue weighted by molar-refractivity contribution is 5.93. The molecule has 0 aromatic carbocycles. The topological polar surface area (TPSA) is 188 Å². The number of hydrogen-bond donors (Lipinski definition) is 2. The lowest BCUT2D eigenvalue weighted by Crippen LogP contribution is -2.15. The summed E-state index contributed by atoms with van der Waals surface area (Å²) in [7, 11) is 0. The van der Waals surface area contributed by atoms with Gasteiger partial charge in [-0.15, -0.1) is 0 Å². The van der Waals surface area contributed by atoms with Crippen LogP contribution in [0.4, 0.5) is 11.6 Å². The fourth-order valence-corrected chi connectivity index (χ4v) is 4.06. The van der Waals surface area contributed by atoms with Gasteiger partial charge in [0.15, 0.2) is 23.2 Å². The SMILES string of the molecule is CC(=O)Nc1cnc(-c2ccncn2)c(-c2ccco2)n1.O=C(Nc1cnc(-c2ccncn2)c(-c2ccco2)n1)C1CC1. The number of amides is 2. The highest BCUT2D eigenvalue weighted by Crippen LogP contribution is 2.32. The maximum absolute atomic E-state index is 11.9. The minimum atomic E-state index is -0.218. The molecule has 2 N–H and O–H groups in total. The van der Waals surface area contributed by atoms with Crippen LogP contribution in [0.1, 0.15) is 19.8 Å². The number of nitrogens with zero attached hydrogens (tertiary/aromatic N) is 8. The Kier molecular flexibility index (Phi) is 8.12. The summed E-state index contributed by atoms with van der Waals surface area (Å²) >= 11 is 0. The van der Waals surface area contributed by atoms with Crippen molar-refractivity contribution >= 4 is 23.5 Å². The third kappa shape index (κ3) is 6.65. The van der Waals surface area contributed by atoms with Gasteiger partial charge in [-0.1, -0.05) is 0 Å². The summed E-state index contributed by atoms with van der Waals surface area (Å²) in [6, 6.07) is 10.6. The van der Waals surface area contributed by atoms with Crippen molar-refractivity contribution in [1.82, 2.24) is 39.9 Å². The van der Waals surface area contributed by atoms with E-state index < -0.39 is 0 Å². The molecule has 1 saturated carbocycles. The van der Waals surface area contributed by atoms with E-state index in [2.05, 4.69) is 50.5 Å². The summed E-state index contributed by atoms with van der Waals surface area (Å²) in [6.07, 6.45) is 14.1. The zero-order valence-electron chi connectivity index (χ0n) is 23.3. The number of carbonyl (C=O) groups is 2. The van der Waals surface area contributed by atoms with Crippen LogP contribution in [0.15, 0.2) is 95.2 Å². The molecule has 14 nitrogen and oxygen atoms in total.